The molecule has 0 saturated heterocycles. The fourth-order valence-corrected chi connectivity index (χ4v) is 4.04. The summed E-state index contributed by atoms with van der Waals surface area (Å²) in [5, 5.41) is 8.64. The van der Waals surface area contributed by atoms with Crippen molar-refractivity contribution in [2.45, 2.75) is 12.2 Å². The molecule has 2 heterocycles. The molecule has 0 fully saturated rings. The zero-order chi connectivity index (χ0) is 10.3. The standard InChI is InChI=1S/C7H7NO4S2/c9-7(10)6-8-4-1-2-14(11,12)3-5(4)13-6/h1-3H2,(H,9,10). The van der Waals surface area contributed by atoms with Gasteiger partial charge >= 0.3 is 5.97 Å². The first kappa shape index (κ1) is 9.60. The molecule has 0 spiro atoms. The van der Waals surface area contributed by atoms with Crippen LogP contribution in [0.1, 0.15) is 20.4 Å². The van der Waals surface area contributed by atoms with Crippen LogP contribution < -0.4 is 0 Å². The van der Waals surface area contributed by atoms with Gasteiger partial charge in [0.15, 0.2) is 9.84 Å². The van der Waals surface area contributed by atoms with Crippen molar-refractivity contribution in [2.24, 2.45) is 0 Å². The largest absolute Gasteiger partial charge is 0.476 e. The third-order valence-electron chi connectivity index (χ3n) is 1.96. The van der Waals surface area contributed by atoms with Gasteiger partial charge in [0.1, 0.15) is 0 Å². The number of aromatic nitrogens is 1. The van der Waals surface area contributed by atoms with Gasteiger partial charge in [-0.3, -0.25) is 0 Å². The Morgan fingerprint density at radius 2 is 2.21 bits per heavy atom. The second kappa shape index (κ2) is 3.03. The highest BCUT2D eigenvalue weighted by Gasteiger charge is 2.26. The van der Waals surface area contributed by atoms with Crippen LogP contribution in [0.2, 0.25) is 0 Å². The van der Waals surface area contributed by atoms with Gasteiger partial charge in [-0.15, -0.1) is 11.3 Å². The molecule has 5 nitrogen and oxygen atoms in total. The number of aryl methyl sites for hydroxylation is 1. The van der Waals surface area contributed by atoms with Gasteiger partial charge in [0.25, 0.3) is 0 Å². The normalized spacial score (nSPS) is 18.9. The van der Waals surface area contributed by atoms with E-state index >= 15 is 0 Å². The Kier molecular flexibility index (Phi) is 2.07. The lowest BCUT2D eigenvalue weighted by molar-refractivity contribution is 0.0696. The van der Waals surface area contributed by atoms with E-state index in [9.17, 15) is 13.2 Å². The van der Waals surface area contributed by atoms with Crippen molar-refractivity contribution in [3.63, 3.8) is 0 Å². The molecule has 1 aromatic heterocycles. The Hall–Kier alpha value is -0.950. The summed E-state index contributed by atoms with van der Waals surface area (Å²) in [6.07, 6.45) is 0.335. The monoisotopic (exact) mass is 233 g/mol. The first-order valence-electron chi connectivity index (χ1n) is 3.90. The summed E-state index contributed by atoms with van der Waals surface area (Å²) in [5.74, 6) is -1.09. The van der Waals surface area contributed by atoms with Gasteiger partial charge < -0.3 is 5.11 Å². The highest BCUT2D eigenvalue weighted by molar-refractivity contribution is 7.90. The lowest BCUT2D eigenvalue weighted by Crippen LogP contribution is -2.17. The number of hydrogen-bond donors (Lipinski definition) is 1. The number of fused-ring (bicyclic) bond motifs is 1. The molecule has 0 saturated carbocycles. The minimum atomic E-state index is -3.03. The molecule has 1 aliphatic heterocycles. The van der Waals surface area contributed by atoms with Crippen molar-refractivity contribution in [3.05, 3.63) is 15.6 Å². The van der Waals surface area contributed by atoms with Gasteiger partial charge in [0.2, 0.25) is 5.01 Å². The molecule has 0 aliphatic carbocycles. The summed E-state index contributed by atoms with van der Waals surface area (Å²) < 4.78 is 22.4. The first-order chi connectivity index (χ1) is 6.48. The Bertz CT molecular complexity index is 488. The summed E-state index contributed by atoms with van der Waals surface area (Å²) in [6.45, 7) is 0. The fourth-order valence-electron chi connectivity index (χ4n) is 1.31. The van der Waals surface area contributed by atoms with E-state index in [1.807, 2.05) is 0 Å². The Balaban J connectivity index is 2.44. The van der Waals surface area contributed by atoms with Gasteiger partial charge in [-0.25, -0.2) is 18.2 Å². The molecule has 0 amide bonds. The maximum Gasteiger partial charge on any atom is 0.365 e. The molecule has 0 radical (unpaired) electrons. The highest BCUT2D eigenvalue weighted by atomic mass is 32.2. The molecule has 1 aromatic rings. The van der Waals surface area contributed by atoms with Crippen LogP contribution >= 0.6 is 11.3 Å². The number of thiazole rings is 1. The number of nitrogens with zero attached hydrogens (tertiary/aromatic N) is 1. The van der Waals surface area contributed by atoms with Crippen molar-refractivity contribution >= 4 is 27.1 Å². The molecule has 7 heteroatoms. The third kappa shape index (κ3) is 1.64. The topological polar surface area (TPSA) is 84.3 Å². The van der Waals surface area contributed by atoms with Crippen LogP contribution in [0.15, 0.2) is 0 Å². The van der Waals surface area contributed by atoms with E-state index in [-0.39, 0.29) is 16.5 Å². The zero-order valence-corrected chi connectivity index (χ0v) is 8.69. The van der Waals surface area contributed by atoms with Crippen LogP contribution in [-0.2, 0) is 22.0 Å². The predicted molar refractivity (Wildman–Crippen MR) is 50.3 cm³/mol. The number of carboxylic acids is 1. The summed E-state index contributed by atoms with van der Waals surface area (Å²) in [6, 6.07) is 0. The Labute approximate surface area is 84.3 Å². The molecule has 0 atom stereocenters. The molecule has 0 aromatic carbocycles. The molecular formula is C7H7NO4S2. The van der Waals surface area contributed by atoms with Crippen LogP contribution in [0.4, 0.5) is 0 Å². The number of sulfone groups is 1. The number of carbonyl (C=O) groups is 1. The van der Waals surface area contributed by atoms with Gasteiger partial charge in [-0.05, 0) is 0 Å². The van der Waals surface area contributed by atoms with Crippen LogP contribution in [0, 0.1) is 0 Å². The van der Waals surface area contributed by atoms with Crippen LogP contribution in [0.3, 0.4) is 0 Å². The van der Waals surface area contributed by atoms with E-state index in [4.69, 9.17) is 5.11 Å². The quantitative estimate of drug-likeness (QED) is 0.754. The Morgan fingerprint density at radius 1 is 1.50 bits per heavy atom. The maximum absolute atomic E-state index is 11.2. The van der Waals surface area contributed by atoms with E-state index in [2.05, 4.69) is 4.98 Å². The lowest BCUT2D eigenvalue weighted by atomic mass is 10.3. The van der Waals surface area contributed by atoms with Crippen molar-refractivity contribution in [2.75, 3.05) is 5.75 Å². The highest BCUT2D eigenvalue weighted by Crippen LogP contribution is 2.26. The van der Waals surface area contributed by atoms with E-state index in [1.165, 1.54) is 0 Å². The molecule has 1 aliphatic rings. The smallest absolute Gasteiger partial charge is 0.365 e. The van der Waals surface area contributed by atoms with Gasteiger partial charge in [-0.2, -0.15) is 0 Å². The van der Waals surface area contributed by atoms with Crippen molar-refractivity contribution in [3.8, 4) is 0 Å². The van der Waals surface area contributed by atoms with Crippen LogP contribution in [0.25, 0.3) is 0 Å². The molecule has 0 bridgehead atoms. The van der Waals surface area contributed by atoms with E-state index in [1.54, 1.807) is 0 Å². The first-order valence-corrected chi connectivity index (χ1v) is 6.54. The van der Waals surface area contributed by atoms with Crippen LogP contribution in [-0.4, -0.2) is 30.2 Å². The maximum atomic E-state index is 11.2. The van der Waals surface area contributed by atoms with Gasteiger partial charge in [0.05, 0.1) is 17.2 Å². The number of rotatable bonds is 1. The van der Waals surface area contributed by atoms with Crippen molar-refractivity contribution < 1.29 is 18.3 Å². The summed E-state index contributed by atoms with van der Waals surface area (Å²) in [7, 11) is -3.03. The van der Waals surface area contributed by atoms with Crippen LogP contribution in [0.5, 0.6) is 0 Å². The Morgan fingerprint density at radius 3 is 2.86 bits per heavy atom. The molecule has 1 N–H and O–H groups in total. The lowest BCUT2D eigenvalue weighted by Gasteiger charge is -2.09. The van der Waals surface area contributed by atoms with Gasteiger partial charge in [-0.1, -0.05) is 0 Å². The second-order valence-electron chi connectivity index (χ2n) is 3.04. The van der Waals surface area contributed by atoms with E-state index in [0.717, 1.165) is 11.3 Å². The molecule has 0 unspecified atom stereocenters. The van der Waals surface area contributed by atoms with E-state index in [0.29, 0.717) is 17.0 Å². The summed E-state index contributed by atoms with van der Waals surface area (Å²) >= 11 is 0.956. The number of hydrogen-bond acceptors (Lipinski definition) is 5. The average molecular weight is 233 g/mol. The molecule has 2 rings (SSSR count). The summed E-state index contributed by atoms with van der Waals surface area (Å²) in [5.41, 5.74) is 0.627. The predicted octanol–water partition coefficient (Wildman–Crippen LogP) is 0.312. The molecule has 14 heavy (non-hydrogen) atoms. The summed E-state index contributed by atoms with van der Waals surface area (Å²) in [4.78, 5) is 15.0. The third-order valence-corrected chi connectivity index (χ3v) is 4.79. The minimum Gasteiger partial charge on any atom is -0.476 e. The molecule has 76 valence electrons. The fraction of sp³-hybridized carbons (Fsp3) is 0.429. The molecular weight excluding hydrogens is 226 g/mol. The number of carboxylic acid groups (broad SMARTS) is 1. The SMILES string of the molecule is O=C(O)c1nc2c(s1)CS(=O)(=O)CC2. The second-order valence-corrected chi connectivity index (χ2v) is 6.30. The van der Waals surface area contributed by atoms with Crippen molar-refractivity contribution in [1.29, 1.82) is 0 Å². The average Bonchev–Trinajstić information content (AvgIpc) is 2.45. The van der Waals surface area contributed by atoms with Gasteiger partial charge in [0, 0.05) is 11.3 Å². The zero-order valence-electron chi connectivity index (χ0n) is 7.06. The van der Waals surface area contributed by atoms with Crippen molar-refractivity contribution in [1.82, 2.24) is 4.98 Å². The minimum absolute atomic E-state index is 0.0212. The number of aromatic carboxylic acids is 1. The van der Waals surface area contributed by atoms with E-state index < -0.39 is 15.8 Å².